The van der Waals surface area contributed by atoms with E-state index >= 15 is 0 Å². The van der Waals surface area contributed by atoms with E-state index in [1.807, 2.05) is 12.1 Å². The summed E-state index contributed by atoms with van der Waals surface area (Å²) < 4.78 is 17.1. The molecule has 2 heterocycles. The van der Waals surface area contributed by atoms with Gasteiger partial charge in [-0.1, -0.05) is 19.1 Å². The van der Waals surface area contributed by atoms with E-state index in [9.17, 15) is 4.79 Å². The second-order valence-electron chi connectivity index (χ2n) is 9.90. The normalized spacial score (nSPS) is 40.3. The van der Waals surface area contributed by atoms with Crippen molar-refractivity contribution in [1.29, 1.82) is 0 Å². The molecule has 4 aliphatic rings. The van der Waals surface area contributed by atoms with E-state index in [-0.39, 0.29) is 29.0 Å². The van der Waals surface area contributed by atoms with Crippen molar-refractivity contribution in [2.75, 3.05) is 26.8 Å². The van der Waals surface area contributed by atoms with Crippen LogP contribution in [0, 0.1) is 23.2 Å². The van der Waals surface area contributed by atoms with Gasteiger partial charge in [0, 0.05) is 12.5 Å². The zero-order valence-electron chi connectivity index (χ0n) is 17.6. The number of esters is 1. The number of methoxy groups -OCH3 is 1. The average molecular weight is 400 g/mol. The Kier molecular flexibility index (Phi) is 4.86. The summed E-state index contributed by atoms with van der Waals surface area (Å²) in [6, 6.07) is 8.18. The molecule has 5 nitrogen and oxygen atoms in total. The SMILES string of the molecule is COc1ccc(CCNC[C@H]2C(=O)O[C@@H]3C[C@@]4(C)CCC[C@]5(CO5)[C@H]4C[C@H]32)cc1. The van der Waals surface area contributed by atoms with Crippen molar-refractivity contribution in [1.82, 2.24) is 5.32 Å². The molecule has 5 rings (SSSR count). The summed E-state index contributed by atoms with van der Waals surface area (Å²) in [5.41, 5.74) is 1.66. The third kappa shape index (κ3) is 3.46. The Bertz CT molecular complexity index is 759. The molecule has 0 bridgehead atoms. The first kappa shape index (κ1) is 19.4. The highest BCUT2D eigenvalue weighted by molar-refractivity contribution is 5.75. The fourth-order valence-corrected chi connectivity index (χ4v) is 6.47. The molecule has 5 heteroatoms. The van der Waals surface area contributed by atoms with E-state index < -0.39 is 0 Å². The summed E-state index contributed by atoms with van der Waals surface area (Å²) in [7, 11) is 1.68. The maximum Gasteiger partial charge on any atom is 0.310 e. The van der Waals surface area contributed by atoms with Crippen molar-refractivity contribution in [3.05, 3.63) is 29.8 Å². The smallest absolute Gasteiger partial charge is 0.310 e. The summed E-state index contributed by atoms with van der Waals surface area (Å²) in [5.74, 6) is 1.79. The molecule has 1 spiro atoms. The number of carbonyl (C=O) groups is 1. The lowest BCUT2D eigenvalue weighted by Crippen LogP contribution is -2.51. The van der Waals surface area contributed by atoms with Crippen molar-refractivity contribution in [2.24, 2.45) is 23.2 Å². The highest BCUT2D eigenvalue weighted by Crippen LogP contribution is 2.62. The minimum absolute atomic E-state index is 0.00459. The number of hydrogen-bond donors (Lipinski definition) is 1. The molecule has 2 aliphatic heterocycles. The molecule has 0 radical (unpaired) electrons. The van der Waals surface area contributed by atoms with Crippen LogP contribution in [0.25, 0.3) is 0 Å². The maximum atomic E-state index is 12.7. The number of epoxide rings is 1. The van der Waals surface area contributed by atoms with Gasteiger partial charge in [0.25, 0.3) is 0 Å². The summed E-state index contributed by atoms with van der Waals surface area (Å²) in [4.78, 5) is 12.7. The third-order valence-corrected chi connectivity index (χ3v) is 8.19. The van der Waals surface area contributed by atoms with Crippen LogP contribution in [0.1, 0.15) is 44.6 Å². The molecule has 1 N–H and O–H groups in total. The molecule has 29 heavy (non-hydrogen) atoms. The minimum Gasteiger partial charge on any atom is -0.497 e. The van der Waals surface area contributed by atoms with Gasteiger partial charge in [-0.25, -0.2) is 0 Å². The van der Waals surface area contributed by atoms with Gasteiger partial charge in [-0.3, -0.25) is 4.79 Å². The van der Waals surface area contributed by atoms with Crippen LogP contribution in [-0.2, 0) is 20.7 Å². The quantitative estimate of drug-likeness (QED) is 0.452. The number of benzene rings is 1. The van der Waals surface area contributed by atoms with Crippen molar-refractivity contribution < 1.29 is 19.0 Å². The van der Waals surface area contributed by atoms with Gasteiger partial charge in [0.1, 0.15) is 11.9 Å². The number of rotatable bonds is 6. The molecule has 158 valence electrons. The Morgan fingerprint density at radius 3 is 2.76 bits per heavy atom. The minimum atomic E-state index is -0.0156. The summed E-state index contributed by atoms with van der Waals surface area (Å²) in [5, 5.41) is 3.52. The fraction of sp³-hybridized carbons (Fsp3) is 0.708. The predicted octanol–water partition coefficient (Wildman–Crippen LogP) is 3.35. The van der Waals surface area contributed by atoms with Crippen LogP contribution < -0.4 is 10.1 Å². The van der Waals surface area contributed by atoms with Gasteiger partial charge < -0.3 is 19.5 Å². The van der Waals surface area contributed by atoms with Crippen LogP contribution in [-0.4, -0.2) is 44.5 Å². The molecular weight excluding hydrogens is 366 g/mol. The van der Waals surface area contributed by atoms with E-state index in [1.165, 1.54) is 24.8 Å². The first-order valence-electron chi connectivity index (χ1n) is 11.2. The zero-order chi connectivity index (χ0) is 20.1. The molecule has 0 unspecified atom stereocenters. The van der Waals surface area contributed by atoms with Gasteiger partial charge in [-0.15, -0.1) is 0 Å². The number of nitrogens with one attached hydrogen (secondary N) is 1. The lowest BCUT2D eigenvalue weighted by atomic mass is 9.53. The molecule has 2 saturated heterocycles. The topological polar surface area (TPSA) is 60.1 Å². The second kappa shape index (κ2) is 7.28. The van der Waals surface area contributed by atoms with Crippen molar-refractivity contribution in [3.8, 4) is 5.75 Å². The van der Waals surface area contributed by atoms with E-state index in [1.54, 1.807) is 7.11 Å². The van der Waals surface area contributed by atoms with Crippen LogP contribution in [0.15, 0.2) is 24.3 Å². The van der Waals surface area contributed by atoms with Crippen LogP contribution in [0.3, 0.4) is 0 Å². The van der Waals surface area contributed by atoms with Crippen LogP contribution >= 0.6 is 0 Å². The van der Waals surface area contributed by atoms with E-state index in [0.29, 0.717) is 18.4 Å². The Labute approximate surface area is 173 Å². The van der Waals surface area contributed by atoms with Crippen LogP contribution in [0.5, 0.6) is 5.75 Å². The molecule has 4 fully saturated rings. The van der Waals surface area contributed by atoms with Crippen molar-refractivity contribution in [2.45, 2.75) is 57.2 Å². The third-order valence-electron chi connectivity index (χ3n) is 8.19. The second-order valence-corrected chi connectivity index (χ2v) is 9.90. The Morgan fingerprint density at radius 2 is 2.03 bits per heavy atom. The molecule has 1 aromatic carbocycles. The monoisotopic (exact) mass is 399 g/mol. The fourth-order valence-electron chi connectivity index (χ4n) is 6.47. The summed E-state index contributed by atoms with van der Waals surface area (Å²) >= 11 is 0. The molecule has 0 amide bonds. The van der Waals surface area contributed by atoms with E-state index in [2.05, 4.69) is 24.4 Å². The number of fused-ring (bicyclic) bond motifs is 3. The highest BCUT2D eigenvalue weighted by atomic mass is 16.6. The van der Waals surface area contributed by atoms with Gasteiger partial charge in [0.05, 0.1) is 25.2 Å². The average Bonchev–Trinajstić information content (AvgIpc) is 3.41. The van der Waals surface area contributed by atoms with Crippen molar-refractivity contribution in [3.63, 3.8) is 0 Å². The number of ether oxygens (including phenoxy) is 3. The number of carbonyl (C=O) groups excluding carboxylic acids is 1. The van der Waals surface area contributed by atoms with Gasteiger partial charge in [0.2, 0.25) is 0 Å². The van der Waals surface area contributed by atoms with Crippen LogP contribution in [0.2, 0.25) is 0 Å². The molecule has 2 saturated carbocycles. The maximum absolute atomic E-state index is 12.7. The van der Waals surface area contributed by atoms with Gasteiger partial charge in [-0.05, 0) is 74.1 Å². The zero-order valence-corrected chi connectivity index (χ0v) is 17.6. The lowest BCUT2D eigenvalue weighted by Gasteiger charge is -2.51. The highest BCUT2D eigenvalue weighted by Gasteiger charge is 2.64. The first-order chi connectivity index (χ1) is 14.0. The molecule has 2 aliphatic carbocycles. The summed E-state index contributed by atoms with van der Waals surface area (Å²) in [6.07, 6.45) is 6.83. The predicted molar refractivity (Wildman–Crippen MR) is 110 cm³/mol. The van der Waals surface area contributed by atoms with E-state index in [4.69, 9.17) is 14.2 Å². The van der Waals surface area contributed by atoms with E-state index in [0.717, 1.165) is 38.2 Å². The van der Waals surface area contributed by atoms with Gasteiger partial charge in [-0.2, -0.15) is 0 Å². The molecular formula is C24H33NO4. The Balaban J connectivity index is 1.18. The molecule has 0 aromatic heterocycles. The summed E-state index contributed by atoms with van der Waals surface area (Å²) in [6.45, 7) is 4.91. The standard InChI is InChI=1S/C24H33NO4/c1-23-9-3-10-24(15-28-24)21(23)12-18-19(22(26)29-20(18)13-23)14-25-11-8-16-4-6-17(27-2)7-5-16/h4-7,18-21,25H,3,8-15H2,1-2H3/t18-,19+,20+,21-,23+,24-/m0/s1. The van der Waals surface area contributed by atoms with Gasteiger partial charge >= 0.3 is 5.97 Å². The Morgan fingerprint density at radius 1 is 1.24 bits per heavy atom. The molecule has 1 aromatic rings. The molecule has 6 atom stereocenters. The largest absolute Gasteiger partial charge is 0.497 e. The van der Waals surface area contributed by atoms with Gasteiger partial charge in [0.15, 0.2) is 0 Å². The lowest BCUT2D eigenvalue weighted by molar-refractivity contribution is -0.147. The van der Waals surface area contributed by atoms with Crippen LogP contribution in [0.4, 0.5) is 0 Å². The van der Waals surface area contributed by atoms with Crippen molar-refractivity contribution >= 4 is 5.97 Å². The first-order valence-corrected chi connectivity index (χ1v) is 11.2. The Hall–Kier alpha value is -1.59. The number of hydrogen-bond acceptors (Lipinski definition) is 5.